The highest BCUT2D eigenvalue weighted by atomic mass is 16.1. The van der Waals surface area contributed by atoms with Crippen molar-refractivity contribution in [3.05, 3.63) is 42.5 Å². The van der Waals surface area contributed by atoms with Crippen molar-refractivity contribution in [2.45, 2.75) is 32.7 Å². The van der Waals surface area contributed by atoms with E-state index in [1.807, 2.05) is 24.3 Å². The summed E-state index contributed by atoms with van der Waals surface area (Å²) in [6.07, 6.45) is 6.31. The fourth-order valence-electron chi connectivity index (χ4n) is 2.51. The predicted octanol–water partition coefficient (Wildman–Crippen LogP) is 2.39. The lowest BCUT2D eigenvalue weighted by molar-refractivity contribution is -0.116. The lowest BCUT2D eigenvalue weighted by atomic mass is 10.1. The standard InChI is InChI=1S/C17H20N6O/c1-2-3-4-12-5-7-13(8-6-12)22-14(24)9-23-11-21-15-16(18)19-10-20-17(15)23/h5-8,10-11H,2-4,9H2,1H3,(H,22,24)(H2,18,19,20). The van der Waals surface area contributed by atoms with Gasteiger partial charge in [-0.25, -0.2) is 15.0 Å². The number of anilines is 2. The van der Waals surface area contributed by atoms with Crippen molar-refractivity contribution in [3.8, 4) is 0 Å². The molecule has 1 amide bonds. The van der Waals surface area contributed by atoms with Crippen LogP contribution in [0.15, 0.2) is 36.9 Å². The topological polar surface area (TPSA) is 98.7 Å². The van der Waals surface area contributed by atoms with Gasteiger partial charge in [0.15, 0.2) is 11.5 Å². The molecular weight excluding hydrogens is 304 g/mol. The van der Waals surface area contributed by atoms with Crippen molar-refractivity contribution in [3.63, 3.8) is 0 Å². The molecule has 7 nitrogen and oxygen atoms in total. The van der Waals surface area contributed by atoms with Crippen molar-refractivity contribution in [2.75, 3.05) is 11.1 Å². The highest BCUT2D eigenvalue weighted by molar-refractivity contribution is 5.91. The van der Waals surface area contributed by atoms with Gasteiger partial charge in [-0.3, -0.25) is 4.79 Å². The van der Waals surface area contributed by atoms with E-state index in [0.717, 1.165) is 12.1 Å². The van der Waals surface area contributed by atoms with Crippen LogP contribution in [0, 0.1) is 0 Å². The van der Waals surface area contributed by atoms with Crippen molar-refractivity contribution < 1.29 is 4.79 Å². The maximum Gasteiger partial charge on any atom is 0.244 e. The number of unbranched alkanes of at least 4 members (excludes halogenated alkanes) is 1. The van der Waals surface area contributed by atoms with Gasteiger partial charge in [-0.15, -0.1) is 0 Å². The number of nitrogen functional groups attached to an aromatic ring is 1. The van der Waals surface area contributed by atoms with Gasteiger partial charge in [-0.2, -0.15) is 0 Å². The number of rotatable bonds is 6. The van der Waals surface area contributed by atoms with Crippen LogP contribution in [-0.4, -0.2) is 25.4 Å². The molecular formula is C17H20N6O. The number of carbonyl (C=O) groups is 1. The molecule has 0 saturated carbocycles. The number of nitrogens with two attached hydrogens (primary N) is 1. The molecule has 3 rings (SSSR count). The second-order valence-electron chi connectivity index (χ2n) is 5.65. The third kappa shape index (κ3) is 3.51. The quantitative estimate of drug-likeness (QED) is 0.725. The van der Waals surface area contributed by atoms with Crippen LogP contribution in [0.2, 0.25) is 0 Å². The number of imidazole rings is 1. The Bertz CT molecular complexity index is 840. The number of aryl methyl sites for hydroxylation is 1. The normalized spacial score (nSPS) is 10.9. The Morgan fingerprint density at radius 1 is 1.21 bits per heavy atom. The first-order chi connectivity index (χ1) is 11.7. The van der Waals surface area contributed by atoms with Crippen LogP contribution < -0.4 is 11.1 Å². The SMILES string of the molecule is CCCCc1ccc(NC(=O)Cn2cnc3c(N)ncnc32)cc1. The van der Waals surface area contributed by atoms with Crippen molar-refractivity contribution >= 4 is 28.6 Å². The van der Waals surface area contributed by atoms with E-state index in [9.17, 15) is 4.79 Å². The van der Waals surface area contributed by atoms with Gasteiger partial charge in [0.1, 0.15) is 18.4 Å². The van der Waals surface area contributed by atoms with Gasteiger partial charge < -0.3 is 15.6 Å². The lowest BCUT2D eigenvalue weighted by Crippen LogP contribution is -2.18. The van der Waals surface area contributed by atoms with Crippen LogP contribution in [0.1, 0.15) is 25.3 Å². The van der Waals surface area contributed by atoms with Crippen LogP contribution in [0.25, 0.3) is 11.2 Å². The van der Waals surface area contributed by atoms with E-state index < -0.39 is 0 Å². The number of benzene rings is 1. The summed E-state index contributed by atoms with van der Waals surface area (Å²) in [4.78, 5) is 24.4. The zero-order valence-electron chi connectivity index (χ0n) is 13.6. The number of hydrogen-bond acceptors (Lipinski definition) is 5. The van der Waals surface area contributed by atoms with Crippen molar-refractivity contribution in [1.82, 2.24) is 19.5 Å². The molecule has 24 heavy (non-hydrogen) atoms. The lowest BCUT2D eigenvalue weighted by Gasteiger charge is -2.07. The van der Waals surface area contributed by atoms with Gasteiger partial charge in [-0.1, -0.05) is 25.5 Å². The zero-order valence-corrected chi connectivity index (χ0v) is 13.6. The monoisotopic (exact) mass is 324 g/mol. The molecule has 0 spiro atoms. The first-order valence-corrected chi connectivity index (χ1v) is 7.97. The summed E-state index contributed by atoms with van der Waals surface area (Å²) in [5.41, 5.74) is 8.86. The number of aromatic nitrogens is 4. The van der Waals surface area contributed by atoms with Crippen LogP contribution in [-0.2, 0) is 17.8 Å². The van der Waals surface area contributed by atoms with Gasteiger partial charge >= 0.3 is 0 Å². The molecule has 0 aliphatic heterocycles. The fourth-order valence-corrected chi connectivity index (χ4v) is 2.51. The highest BCUT2D eigenvalue weighted by Gasteiger charge is 2.11. The third-order valence-corrected chi connectivity index (χ3v) is 3.80. The molecule has 2 heterocycles. The molecule has 0 radical (unpaired) electrons. The van der Waals surface area contributed by atoms with Gasteiger partial charge in [-0.05, 0) is 30.5 Å². The van der Waals surface area contributed by atoms with Crippen LogP contribution in [0.5, 0.6) is 0 Å². The summed E-state index contributed by atoms with van der Waals surface area (Å²) < 4.78 is 1.65. The van der Waals surface area contributed by atoms with Crippen LogP contribution in [0.3, 0.4) is 0 Å². The number of nitrogens with zero attached hydrogens (tertiary/aromatic N) is 4. The van der Waals surface area contributed by atoms with Gasteiger partial charge in [0.2, 0.25) is 5.91 Å². The molecule has 0 aliphatic carbocycles. The minimum Gasteiger partial charge on any atom is -0.382 e. The van der Waals surface area contributed by atoms with Crippen LogP contribution >= 0.6 is 0 Å². The van der Waals surface area contributed by atoms with E-state index in [0.29, 0.717) is 17.0 Å². The molecule has 0 atom stereocenters. The summed E-state index contributed by atoms with van der Waals surface area (Å²) in [5.74, 6) is 0.162. The molecule has 0 aliphatic rings. The Labute approximate surface area is 139 Å². The molecule has 1 aromatic carbocycles. The summed E-state index contributed by atoms with van der Waals surface area (Å²) in [6.45, 7) is 2.29. The smallest absolute Gasteiger partial charge is 0.244 e. The molecule has 0 bridgehead atoms. The van der Waals surface area contributed by atoms with E-state index in [2.05, 4.69) is 27.2 Å². The fraction of sp³-hybridized carbons (Fsp3) is 0.294. The van der Waals surface area contributed by atoms with Crippen molar-refractivity contribution in [1.29, 1.82) is 0 Å². The molecule has 3 aromatic rings. The zero-order chi connectivity index (χ0) is 16.9. The summed E-state index contributed by atoms with van der Waals surface area (Å²) in [7, 11) is 0. The maximum atomic E-state index is 12.2. The number of fused-ring (bicyclic) bond motifs is 1. The number of hydrogen-bond donors (Lipinski definition) is 2. The number of carbonyl (C=O) groups excluding carboxylic acids is 1. The molecule has 0 fully saturated rings. The third-order valence-electron chi connectivity index (χ3n) is 3.80. The summed E-state index contributed by atoms with van der Waals surface area (Å²) in [5, 5.41) is 2.88. The van der Waals surface area contributed by atoms with Crippen LogP contribution in [0.4, 0.5) is 11.5 Å². The Morgan fingerprint density at radius 2 is 2.00 bits per heavy atom. The second-order valence-corrected chi connectivity index (χ2v) is 5.65. The summed E-state index contributed by atoms with van der Waals surface area (Å²) in [6, 6.07) is 7.95. The number of amides is 1. The molecule has 124 valence electrons. The molecule has 7 heteroatoms. The van der Waals surface area contributed by atoms with E-state index in [4.69, 9.17) is 5.73 Å². The Balaban J connectivity index is 1.65. The Kier molecular flexibility index (Phi) is 4.69. The Hall–Kier alpha value is -2.96. The van der Waals surface area contributed by atoms with E-state index >= 15 is 0 Å². The van der Waals surface area contributed by atoms with Gasteiger partial charge in [0.05, 0.1) is 6.33 Å². The van der Waals surface area contributed by atoms with Crippen molar-refractivity contribution in [2.24, 2.45) is 0 Å². The summed E-state index contributed by atoms with van der Waals surface area (Å²) >= 11 is 0. The second kappa shape index (κ2) is 7.08. The number of nitrogens with one attached hydrogen (secondary N) is 1. The first kappa shape index (κ1) is 15.9. The minimum atomic E-state index is -0.146. The highest BCUT2D eigenvalue weighted by Crippen LogP contribution is 2.15. The Morgan fingerprint density at radius 3 is 2.75 bits per heavy atom. The van der Waals surface area contributed by atoms with Gasteiger partial charge in [0, 0.05) is 5.69 Å². The average molecular weight is 324 g/mol. The van der Waals surface area contributed by atoms with Gasteiger partial charge in [0.25, 0.3) is 0 Å². The predicted molar refractivity (Wildman–Crippen MR) is 93.4 cm³/mol. The largest absolute Gasteiger partial charge is 0.382 e. The molecule has 0 saturated heterocycles. The molecule has 2 aromatic heterocycles. The minimum absolute atomic E-state index is 0.116. The van der Waals surface area contributed by atoms with E-state index in [1.54, 1.807) is 10.9 Å². The van der Waals surface area contributed by atoms with E-state index in [-0.39, 0.29) is 12.5 Å². The maximum absolute atomic E-state index is 12.2. The molecule has 0 unspecified atom stereocenters. The van der Waals surface area contributed by atoms with E-state index in [1.165, 1.54) is 24.7 Å². The molecule has 3 N–H and O–H groups in total. The average Bonchev–Trinajstić information content (AvgIpc) is 2.98. The first-order valence-electron chi connectivity index (χ1n) is 7.97.